The molecule has 1 unspecified atom stereocenters. The molecule has 2 aromatic carbocycles. The van der Waals surface area contributed by atoms with E-state index in [9.17, 15) is 9.59 Å². The monoisotopic (exact) mass is 396 g/mol. The van der Waals surface area contributed by atoms with Crippen molar-refractivity contribution in [3.63, 3.8) is 0 Å². The number of anilines is 2. The first-order valence-electron chi connectivity index (χ1n) is 8.62. The Bertz CT molecular complexity index is 1050. The van der Waals surface area contributed by atoms with E-state index in [2.05, 4.69) is 15.7 Å². The standard InChI is InChI=1S/C20H17ClN4O3/c1-20(19(27)24-16-9-14(21)7-8-17(16)28-20)18(26)23-15-10-22-25(12-15)11-13-5-3-2-4-6-13/h2-10,12H,11H2,1H3,(H,23,26)(H,24,27). The first kappa shape index (κ1) is 18.1. The lowest BCUT2D eigenvalue weighted by Gasteiger charge is -2.33. The van der Waals surface area contributed by atoms with Crippen LogP contribution in [0.15, 0.2) is 60.9 Å². The molecule has 1 aliphatic rings. The highest BCUT2D eigenvalue weighted by Crippen LogP contribution is 2.36. The SMILES string of the molecule is CC1(C(=O)Nc2cnn(Cc3ccccc3)c2)Oc2ccc(Cl)cc2NC1=O. The molecule has 3 aromatic rings. The second-order valence-electron chi connectivity index (χ2n) is 6.60. The molecule has 0 spiro atoms. The van der Waals surface area contributed by atoms with Crippen molar-refractivity contribution in [3.05, 3.63) is 71.5 Å². The molecule has 1 aromatic heterocycles. The zero-order chi connectivity index (χ0) is 19.7. The fourth-order valence-electron chi connectivity index (χ4n) is 2.88. The van der Waals surface area contributed by atoms with E-state index < -0.39 is 17.4 Å². The maximum absolute atomic E-state index is 12.8. The zero-order valence-electron chi connectivity index (χ0n) is 15.0. The van der Waals surface area contributed by atoms with Crippen molar-refractivity contribution in [1.29, 1.82) is 0 Å². The van der Waals surface area contributed by atoms with Crippen LogP contribution in [0.3, 0.4) is 0 Å². The smallest absolute Gasteiger partial charge is 0.278 e. The quantitative estimate of drug-likeness (QED) is 0.662. The lowest BCUT2D eigenvalue weighted by atomic mass is 10.0. The van der Waals surface area contributed by atoms with E-state index in [-0.39, 0.29) is 0 Å². The predicted octanol–water partition coefficient (Wildman–Crippen LogP) is 3.31. The summed E-state index contributed by atoms with van der Waals surface area (Å²) < 4.78 is 7.41. The Balaban J connectivity index is 1.49. The second-order valence-corrected chi connectivity index (χ2v) is 7.03. The maximum atomic E-state index is 12.8. The van der Waals surface area contributed by atoms with Gasteiger partial charge in [-0.1, -0.05) is 41.9 Å². The van der Waals surface area contributed by atoms with Gasteiger partial charge in [0.1, 0.15) is 5.75 Å². The van der Waals surface area contributed by atoms with Crippen molar-refractivity contribution < 1.29 is 14.3 Å². The van der Waals surface area contributed by atoms with E-state index in [0.29, 0.717) is 28.7 Å². The summed E-state index contributed by atoms with van der Waals surface area (Å²) in [7, 11) is 0. The lowest BCUT2D eigenvalue weighted by molar-refractivity contribution is -0.143. The summed E-state index contributed by atoms with van der Waals surface area (Å²) >= 11 is 5.93. The Kier molecular flexibility index (Phi) is 4.52. The largest absolute Gasteiger partial charge is 0.466 e. The van der Waals surface area contributed by atoms with Gasteiger partial charge in [0.15, 0.2) is 0 Å². The van der Waals surface area contributed by atoms with Crippen LogP contribution in [-0.2, 0) is 16.1 Å². The molecular formula is C20H17ClN4O3. The number of carbonyl (C=O) groups is 2. The van der Waals surface area contributed by atoms with Crippen molar-refractivity contribution in [1.82, 2.24) is 9.78 Å². The van der Waals surface area contributed by atoms with Gasteiger partial charge in [0.2, 0.25) is 0 Å². The molecule has 2 amide bonds. The maximum Gasteiger partial charge on any atom is 0.278 e. The molecule has 28 heavy (non-hydrogen) atoms. The predicted molar refractivity (Wildman–Crippen MR) is 106 cm³/mol. The van der Waals surface area contributed by atoms with Crippen LogP contribution in [0.4, 0.5) is 11.4 Å². The lowest BCUT2D eigenvalue weighted by Crippen LogP contribution is -2.56. The number of hydrogen-bond acceptors (Lipinski definition) is 4. The van der Waals surface area contributed by atoms with E-state index in [1.54, 1.807) is 29.1 Å². The molecule has 0 radical (unpaired) electrons. The van der Waals surface area contributed by atoms with Gasteiger partial charge >= 0.3 is 0 Å². The van der Waals surface area contributed by atoms with Gasteiger partial charge in [-0.15, -0.1) is 0 Å². The molecule has 7 nitrogen and oxygen atoms in total. The summed E-state index contributed by atoms with van der Waals surface area (Å²) in [6, 6.07) is 14.6. The van der Waals surface area contributed by atoms with Crippen LogP contribution in [0.25, 0.3) is 0 Å². The minimum Gasteiger partial charge on any atom is -0.466 e. The highest BCUT2D eigenvalue weighted by atomic mass is 35.5. The van der Waals surface area contributed by atoms with E-state index in [0.717, 1.165) is 5.56 Å². The van der Waals surface area contributed by atoms with Crippen LogP contribution >= 0.6 is 11.6 Å². The molecule has 0 bridgehead atoms. The van der Waals surface area contributed by atoms with E-state index in [1.807, 2.05) is 30.3 Å². The topological polar surface area (TPSA) is 85.2 Å². The molecule has 4 rings (SSSR count). The minimum atomic E-state index is -1.72. The number of nitrogens with zero attached hydrogens (tertiary/aromatic N) is 2. The number of carbonyl (C=O) groups excluding carboxylic acids is 2. The summed E-state index contributed by atoms with van der Waals surface area (Å²) in [5, 5.41) is 10.1. The summed E-state index contributed by atoms with van der Waals surface area (Å²) in [6.07, 6.45) is 3.22. The van der Waals surface area contributed by atoms with Crippen molar-refractivity contribution in [2.24, 2.45) is 0 Å². The van der Waals surface area contributed by atoms with Gasteiger partial charge in [-0.3, -0.25) is 14.3 Å². The van der Waals surface area contributed by atoms with Crippen LogP contribution in [0.5, 0.6) is 5.75 Å². The Labute approximate surface area is 166 Å². The first-order chi connectivity index (χ1) is 13.4. The van der Waals surface area contributed by atoms with Crippen molar-refractivity contribution in [2.45, 2.75) is 19.1 Å². The van der Waals surface area contributed by atoms with Crippen LogP contribution < -0.4 is 15.4 Å². The van der Waals surface area contributed by atoms with Gasteiger partial charge in [0.05, 0.1) is 24.1 Å². The van der Waals surface area contributed by atoms with Crippen LogP contribution in [-0.4, -0.2) is 27.2 Å². The van der Waals surface area contributed by atoms with Crippen molar-refractivity contribution in [3.8, 4) is 5.75 Å². The van der Waals surface area contributed by atoms with Crippen molar-refractivity contribution >= 4 is 34.8 Å². The molecule has 0 saturated carbocycles. The number of hydrogen-bond donors (Lipinski definition) is 2. The molecule has 0 fully saturated rings. The van der Waals surface area contributed by atoms with Gasteiger partial charge in [-0.25, -0.2) is 0 Å². The molecule has 2 N–H and O–H groups in total. The number of fused-ring (bicyclic) bond motifs is 1. The normalized spacial score (nSPS) is 18.0. The van der Waals surface area contributed by atoms with Crippen LogP contribution in [0, 0.1) is 0 Å². The molecular weight excluding hydrogens is 380 g/mol. The third-order valence-electron chi connectivity index (χ3n) is 4.45. The third kappa shape index (κ3) is 3.44. The number of benzene rings is 2. The summed E-state index contributed by atoms with van der Waals surface area (Å²) in [5.74, 6) is -0.789. The molecule has 0 saturated heterocycles. The number of amides is 2. The van der Waals surface area contributed by atoms with Crippen LogP contribution in [0.1, 0.15) is 12.5 Å². The van der Waals surface area contributed by atoms with Gasteiger partial charge < -0.3 is 15.4 Å². The Morgan fingerprint density at radius 1 is 1.29 bits per heavy atom. The number of halogens is 1. The molecule has 142 valence electrons. The van der Waals surface area contributed by atoms with Gasteiger partial charge in [-0.05, 0) is 30.7 Å². The van der Waals surface area contributed by atoms with Crippen LogP contribution in [0.2, 0.25) is 5.02 Å². The second kappa shape index (κ2) is 7.01. The fraction of sp³-hybridized carbons (Fsp3) is 0.150. The number of aromatic nitrogens is 2. The highest BCUT2D eigenvalue weighted by molar-refractivity contribution is 6.31. The molecule has 1 atom stereocenters. The fourth-order valence-corrected chi connectivity index (χ4v) is 3.05. The summed E-state index contributed by atoms with van der Waals surface area (Å²) in [4.78, 5) is 25.3. The Morgan fingerprint density at radius 2 is 2.07 bits per heavy atom. The molecule has 8 heteroatoms. The van der Waals surface area contributed by atoms with Gasteiger partial charge in [-0.2, -0.15) is 5.10 Å². The zero-order valence-corrected chi connectivity index (χ0v) is 15.7. The Hall–Kier alpha value is -3.32. The van der Waals surface area contributed by atoms with E-state index >= 15 is 0 Å². The number of rotatable bonds is 4. The number of nitrogens with one attached hydrogen (secondary N) is 2. The van der Waals surface area contributed by atoms with Gasteiger partial charge in [0, 0.05) is 11.2 Å². The average Bonchev–Trinajstić information content (AvgIpc) is 3.10. The highest BCUT2D eigenvalue weighted by Gasteiger charge is 2.47. The molecule has 0 aliphatic carbocycles. The van der Waals surface area contributed by atoms with E-state index in [4.69, 9.17) is 16.3 Å². The molecule has 1 aliphatic heterocycles. The average molecular weight is 397 g/mol. The molecule has 2 heterocycles. The first-order valence-corrected chi connectivity index (χ1v) is 9.00. The van der Waals surface area contributed by atoms with E-state index in [1.165, 1.54) is 13.1 Å². The summed E-state index contributed by atoms with van der Waals surface area (Å²) in [5.41, 5.74) is 0.266. The minimum absolute atomic E-state index is 0.376. The Morgan fingerprint density at radius 3 is 2.86 bits per heavy atom. The van der Waals surface area contributed by atoms with Crippen molar-refractivity contribution in [2.75, 3.05) is 10.6 Å². The number of ether oxygens (including phenoxy) is 1. The van der Waals surface area contributed by atoms with Gasteiger partial charge in [0.25, 0.3) is 17.4 Å². The third-order valence-corrected chi connectivity index (χ3v) is 4.68. The summed E-state index contributed by atoms with van der Waals surface area (Å²) in [6.45, 7) is 1.99.